The van der Waals surface area contributed by atoms with Gasteiger partial charge in [0.25, 0.3) is 0 Å². The lowest BCUT2D eigenvalue weighted by atomic mass is 9.96. The molecule has 3 atom stereocenters. The van der Waals surface area contributed by atoms with Crippen LogP contribution in [-0.2, 0) is 20.9 Å². The summed E-state index contributed by atoms with van der Waals surface area (Å²) in [4.78, 5) is 43.0. The van der Waals surface area contributed by atoms with Gasteiger partial charge in [-0.15, -0.1) is 0 Å². The summed E-state index contributed by atoms with van der Waals surface area (Å²) in [7, 11) is 0. The van der Waals surface area contributed by atoms with E-state index in [1.165, 1.54) is 0 Å². The first-order valence-corrected chi connectivity index (χ1v) is 14.3. The fraction of sp³-hybridized carbons (Fsp3) is 0.364. The highest BCUT2D eigenvalue weighted by molar-refractivity contribution is 5.91. The molecule has 2 aliphatic heterocycles. The van der Waals surface area contributed by atoms with Crippen LogP contribution in [0.25, 0.3) is 11.1 Å². The van der Waals surface area contributed by atoms with E-state index in [0.29, 0.717) is 32.6 Å². The Morgan fingerprint density at radius 3 is 2.20 bits per heavy atom. The molecular weight excluding hydrogens is 518 g/mol. The highest BCUT2D eigenvalue weighted by atomic mass is 16.5. The minimum Gasteiger partial charge on any atom is -0.481 e. The zero-order chi connectivity index (χ0) is 28.6. The number of aliphatic carboxylic acids is 1. The number of hydrogen-bond donors (Lipinski definition) is 2. The standard InChI is InChI=1S/C33H35N3O5/c1-22-17-36(19-28(22)30(37)38)31(39)33(15-16-35(21-33)18-23-9-3-2-4-10-23)34-32(40)41-20-29-26-13-7-5-11-24(26)25-12-6-8-14-27(25)29/h2-14,22,28-29H,15-21H2,1H3,(H,34,40)(H,37,38)/t22-,28-,33?/m1/s1. The van der Waals surface area contributed by atoms with Crippen molar-refractivity contribution in [2.24, 2.45) is 11.8 Å². The molecule has 2 amide bonds. The molecular formula is C33H35N3O5. The SMILES string of the molecule is C[C@@H]1CN(C(=O)C2(NC(=O)OCC3c4ccccc4-c4ccccc43)CCN(Cc3ccccc3)C2)C[C@H]1C(=O)O. The minimum absolute atomic E-state index is 0.0892. The second-order valence-corrected chi connectivity index (χ2v) is 11.6. The van der Waals surface area contributed by atoms with Crippen LogP contribution < -0.4 is 5.32 Å². The number of likely N-dealkylation sites (tertiary alicyclic amines) is 2. The summed E-state index contributed by atoms with van der Waals surface area (Å²) >= 11 is 0. The zero-order valence-corrected chi connectivity index (χ0v) is 23.2. The van der Waals surface area contributed by atoms with E-state index in [9.17, 15) is 19.5 Å². The molecule has 3 aromatic rings. The number of amides is 2. The Labute approximate surface area is 239 Å². The number of ether oxygens (including phenoxy) is 1. The number of carbonyl (C=O) groups is 3. The van der Waals surface area contributed by atoms with Crippen molar-refractivity contribution in [2.75, 3.05) is 32.8 Å². The lowest BCUT2D eigenvalue weighted by molar-refractivity contribution is -0.142. The van der Waals surface area contributed by atoms with Crippen LogP contribution in [0, 0.1) is 11.8 Å². The number of hydrogen-bond acceptors (Lipinski definition) is 5. The molecule has 41 heavy (non-hydrogen) atoms. The van der Waals surface area contributed by atoms with Crippen LogP contribution in [0.5, 0.6) is 0 Å². The average Bonchev–Trinajstić information content (AvgIpc) is 3.66. The molecule has 2 fully saturated rings. The molecule has 3 aromatic carbocycles. The lowest BCUT2D eigenvalue weighted by Crippen LogP contribution is -2.61. The van der Waals surface area contributed by atoms with Gasteiger partial charge in [-0.1, -0.05) is 85.8 Å². The van der Waals surface area contributed by atoms with Gasteiger partial charge in [-0.3, -0.25) is 14.5 Å². The molecule has 212 valence electrons. The molecule has 0 bridgehead atoms. The Hall–Kier alpha value is -4.17. The zero-order valence-electron chi connectivity index (χ0n) is 23.2. The summed E-state index contributed by atoms with van der Waals surface area (Å²) in [5.41, 5.74) is 4.46. The molecule has 2 N–H and O–H groups in total. The van der Waals surface area contributed by atoms with Gasteiger partial charge < -0.3 is 20.1 Å². The molecule has 1 aliphatic carbocycles. The molecule has 3 aliphatic rings. The molecule has 0 aromatic heterocycles. The van der Waals surface area contributed by atoms with Crippen molar-refractivity contribution in [3.8, 4) is 11.1 Å². The Bertz CT molecular complexity index is 1410. The van der Waals surface area contributed by atoms with Gasteiger partial charge in [0, 0.05) is 38.6 Å². The Morgan fingerprint density at radius 2 is 1.56 bits per heavy atom. The first kappa shape index (κ1) is 27.0. The van der Waals surface area contributed by atoms with Crippen LogP contribution in [0.4, 0.5) is 4.79 Å². The van der Waals surface area contributed by atoms with Gasteiger partial charge in [0.05, 0.1) is 5.92 Å². The molecule has 0 spiro atoms. The van der Waals surface area contributed by atoms with Crippen LogP contribution in [0.15, 0.2) is 78.9 Å². The van der Waals surface area contributed by atoms with E-state index in [1.54, 1.807) is 4.90 Å². The summed E-state index contributed by atoms with van der Waals surface area (Å²) in [5, 5.41) is 12.6. The number of carbonyl (C=O) groups excluding carboxylic acids is 2. The van der Waals surface area contributed by atoms with Crippen molar-refractivity contribution in [2.45, 2.75) is 31.3 Å². The molecule has 2 saturated heterocycles. The third-order valence-electron chi connectivity index (χ3n) is 8.91. The fourth-order valence-corrected chi connectivity index (χ4v) is 6.78. The van der Waals surface area contributed by atoms with Crippen molar-refractivity contribution >= 4 is 18.0 Å². The molecule has 2 heterocycles. The van der Waals surface area contributed by atoms with Crippen molar-refractivity contribution in [3.63, 3.8) is 0 Å². The van der Waals surface area contributed by atoms with Gasteiger partial charge in [0.1, 0.15) is 12.1 Å². The predicted octanol–water partition coefficient (Wildman–Crippen LogP) is 4.35. The Morgan fingerprint density at radius 1 is 0.927 bits per heavy atom. The van der Waals surface area contributed by atoms with Crippen molar-refractivity contribution in [3.05, 3.63) is 95.6 Å². The molecule has 0 radical (unpaired) electrons. The number of nitrogens with one attached hydrogen (secondary N) is 1. The van der Waals surface area contributed by atoms with E-state index < -0.39 is 23.5 Å². The van der Waals surface area contributed by atoms with E-state index in [-0.39, 0.29) is 30.9 Å². The van der Waals surface area contributed by atoms with E-state index in [1.807, 2.05) is 61.5 Å². The number of fused-ring (bicyclic) bond motifs is 3. The number of alkyl carbamates (subject to hydrolysis) is 1. The average molecular weight is 554 g/mol. The van der Waals surface area contributed by atoms with Gasteiger partial charge >= 0.3 is 12.1 Å². The summed E-state index contributed by atoms with van der Waals surface area (Å²) < 4.78 is 5.84. The topological polar surface area (TPSA) is 99.2 Å². The van der Waals surface area contributed by atoms with Gasteiger partial charge in [0.2, 0.25) is 5.91 Å². The molecule has 1 unspecified atom stereocenters. The van der Waals surface area contributed by atoms with Crippen LogP contribution in [0.3, 0.4) is 0 Å². The highest BCUT2D eigenvalue weighted by Gasteiger charge is 2.51. The number of nitrogens with zero attached hydrogens (tertiary/aromatic N) is 2. The predicted molar refractivity (Wildman–Crippen MR) is 154 cm³/mol. The fourth-order valence-electron chi connectivity index (χ4n) is 6.78. The largest absolute Gasteiger partial charge is 0.481 e. The van der Waals surface area contributed by atoms with Gasteiger partial charge in [-0.05, 0) is 40.2 Å². The van der Waals surface area contributed by atoms with E-state index >= 15 is 0 Å². The van der Waals surface area contributed by atoms with E-state index in [0.717, 1.165) is 27.8 Å². The number of rotatable bonds is 7. The number of carboxylic acids is 1. The summed E-state index contributed by atoms with van der Waals surface area (Å²) in [6, 6.07) is 26.3. The Kier molecular flexibility index (Phi) is 7.26. The maximum Gasteiger partial charge on any atom is 0.408 e. The summed E-state index contributed by atoms with van der Waals surface area (Å²) in [5.74, 6) is -2.01. The summed E-state index contributed by atoms with van der Waals surface area (Å²) in [6.45, 7) is 4.10. The molecule has 0 saturated carbocycles. The van der Waals surface area contributed by atoms with E-state index in [4.69, 9.17) is 4.74 Å². The summed E-state index contributed by atoms with van der Waals surface area (Å²) in [6.07, 6.45) is -0.213. The van der Waals surface area contributed by atoms with Crippen LogP contribution >= 0.6 is 0 Å². The van der Waals surface area contributed by atoms with Crippen molar-refractivity contribution in [1.29, 1.82) is 0 Å². The van der Waals surface area contributed by atoms with Crippen LogP contribution in [0.1, 0.15) is 36.0 Å². The quantitative estimate of drug-likeness (QED) is 0.452. The highest BCUT2D eigenvalue weighted by Crippen LogP contribution is 2.44. The number of carboxylic acid groups (broad SMARTS) is 1. The van der Waals surface area contributed by atoms with Gasteiger partial charge in [0.15, 0.2) is 0 Å². The smallest absolute Gasteiger partial charge is 0.408 e. The normalized spacial score (nSPS) is 23.7. The molecule has 8 heteroatoms. The maximum atomic E-state index is 14.0. The lowest BCUT2D eigenvalue weighted by Gasteiger charge is -2.33. The molecule has 8 nitrogen and oxygen atoms in total. The van der Waals surface area contributed by atoms with Crippen LogP contribution in [0.2, 0.25) is 0 Å². The third kappa shape index (κ3) is 5.20. The molecule has 6 rings (SSSR count). The number of benzene rings is 3. The monoisotopic (exact) mass is 553 g/mol. The first-order chi connectivity index (χ1) is 19.8. The van der Waals surface area contributed by atoms with Gasteiger partial charge in [-0.2, -0.15) is 0 Å². The van der Waals surface area contributed by atoms with Gasteiger partial charge in [-0.25, -0.2) is 4.79 Å². The first-order valence-electron chi connectivity index (χ1n) is 14.3. The second-order valence-electron chi connectivity index (χ2n) is 11.6. The van der Waals surface area contributed by atoms with Crippen molar-refractivity contribution < 1.29 is 24.2 Å². The second kappa shape index (κ2) is 11.0. The Balaban J connectivity index is 1.19. The van der Waals surface area contributed by atoms with Crippen molar-refractivity contribution in [1.82, 2.24) is 15.1 Å². The third-order valence-corrected chi connectivity index (χ3v) is 8.91. The minimum atomic E-state index is -1.19. The maximum absolute atomic E-state index is 14.0. The van der Waals surface area contributed by atoms with Crippen LogP contribution in [-0.4, -0.2) is 71.2 Å². The van der Waals surface area contributed by atoms with E-state index in [2.05, 4.69) is 34.5 Å².